The molecule has 1 rings (SSSR count). The van der Waals surface area contributed by atoms with E-state index < -0.39 is 4.92 Å². The van der Waals surface area contributed by atoms with Gasteiger partial charge < -0.3 is 5.32 Å². The first-order chi connectivity index (χ1) is 6.65. The van der Waals surface area contributed by atoms with E-state index in [4.69, 9.17) is 0 Å². The van der Waals surface area contributed by atoms with Crippen molar-refractivity contribution in [3.8, 4) is 0 Å². The second kappa shape index (κ2) is 4.43. The minimum absolute atomic E-state index is 0.0519. The van der Waals surface area contributed by atoms with E-state index in [1.807, 2.05) is 0 Å². The van der Waals surface area contributed by atoms with Crippen LogP contribution >= 0.6 is 12.2 Å². The number of rotatable bonds is 3. The Hall–Kier alpha value is -1.82. The van der Waals surface area contributed by atoms with Crippen LogP contribution in [-0.2, 0) is 0 Å². The average Bonchev–Trinajstić information content (AvgIpc) is 2.18. The maximum atomic E-state index is 11.1. The molecular formula is C8H6N2O3S. The predicted molar refractivity (Wildman–Crippen MR) is 54.2 cm³/mol. The molecule has 1 aromatic carbocycles. The molecule has 0 aromatic heterocycles. The molecular weight excluding hydrogens is 204 g/mol. The molecule has 0 bridgehead atoms. The highest BCUT2D eigenvalue weighted by Crippen LogP contribution is 2.11. The van der Waals surface area contributed by atoms with Crippen molar-refractivity contribution in [3.05, 3.63) is 39.9 Å². The number of carbonyl (C=O) groups excluding carboxylic acids is 1. The summed E-state index contributed by atoms with van der Waals surface area (Å²) in [4.78, 5) is 20.9. The molecule has 1 amide bonds. The van der Waals surface area contributed by atoms with Gasteiger partial charge in [-0.15, -0.1) is 0 Å². The Labute approximate surface area is 84.9 Å². The second-order valence-corrected chi connectivity index (χ2v) is 2.63. The van der Waals surface area contributed by atoms with Gasteiger partial charge in [0.15, 0.2) is 0 Å². The Morgan fingerprint density at radius 1 is 1.43 bits per heavy atom. The lowest BCUT2D eigenvalue weighted by molar-refractivity contribution is -0.384. The number of hydrogen-bond acceptors (Lipinski definition) is 4. The van der Waals surface area contributed by atoms with Gasteiger partial charge in [-0.3, -0.25) is 14.9 Å². The number of nitro groups is 1. The Morgan fingerprint density at radius 3 is 2.43 bits per heavy atom. The van der Waals surface area contributed by atoms with E-state index in [1.54, 1.807) is 0 Å². The van der Waals surface area contributed by atoms with Crippen LogP contribution < -0.4 is 5.32 Å². The molecule has 5 nitrogen and oxygen atoms in total. The number of nitro benzene ring substituents is 1. The average molecular weight is 210 g/mol. The quantitative estimate of drug-likeness (QED) is 0.463. The Morgan fingerprint density at radius 2 is 2.00 bits per heavy atom. The molecule has 0 aliphatic heterocycles. The van der Waals surface area contributed by atoms with E-state index in [1.165, 1.54) is 24.3 Å². The highest BCUT2D eigenvalue weighted by molar-refractivity contribution is 7.78. The smallest absolute Gasteiger partial charge is 0.269 e. The summed E-state index contributed by atoms with van der Waals surface area (Å²) in [5.74, 6) is -0.380. The van der Waals surface area contributed by atoms with Crippen molar-refractivity contribution in [1.82, 2.24) is 5.32 Å². The van der Waals surface area contributed by atoms with Crippen LogP contribution in [0.1, 0.15) is 10.4 Å². The normalized spacial score (nSPS) is 9.14. The Kier molecular flexibility index (Phi) is 3.24. The zero-order valence-electron chi connectivity index (χ0n) is 6.97. The first kappa shape index (κ1) is 10.3. The molecule has 0 spiro atoms. The maximum Gasteiger partial charge on any atom is 0.269 e. The van der Waals surface area contributed by atoms with Crippen LogP contribution in [0, 0.1) is 10.1 Å². The minimum Gasteiger partial charge on any atom is -0.319 e. The highest BCUT2D eigenvalue weighted by Gasteiger charge is 2.07. The van der Waals surface area contributed by atoms with Crippen LogP contribution in [0.25, 0.3) is 0 Å². The molecule has 0 unspecified atom stereocenters. The third-order valence-corrected chi connectivity index (χ3v) is 1.65. The van der Waals surface area contributed by atoms with Crippen molar-refractivity contribution in [3.63, 3.8) is 0 Å². The molecule has 0 saturated heterocycles. The fourth-order valence-corrected chi connectivity index (χ4v) is 0.978. The van der Waals surface area contributed by atoms with E-state index in [9.17, 15) is 14.9 Å². The number of amides is 1. The number of non-ortho nitro benzene ring substituents is 1. The van der Waals surface area contributed by atoms with Crippen molar-refractivity contribution in [1.29, 1.82) is 0 Å². The molecule has 1 N–H and O–H groups in total. The molecule has 0 saturated carbocycles. The zero-order valence-corrected chi connectivity index (χ0v) is 7.78. The van der Waals surface area contributed by atoms with Crippen molar-refractivity contribution < 1.29 is 9.72 Å². The highest BCUT2D eigenvalue weighted by atomic mass is 32.1. The molecule has 14 heavy (non-hydrogen) atoms. The predicted octanol–water partition coefficient (Wildman–Crippen LogP) is 1.28. The van der Waals surface area contributed by atoms with Crippen LogP contribution in [0.4, 0.5) is 5.69 Å². The van der Waals surface area contributed by atoms with Crippen LogP contribution in [0.15, 0.2) is 24.3 Å². The van der Waals surface area contributed by atoms with Gasteiger partial charge in [-0.1, -0.05) is 12.2 Å². The molecule has 1 aromatic rings. The summed E-state index contributed by atoms with van der Waals surface area (Å²) in [5, 5.41) is 12.6. The van der Waals surface area contributed by atoms with E-state index in [-0.39, 0.29) is 11.6 Å². The summed E-state index contributed by atoms with van der Waals surface area (Å²) in [6.07, 6.45) is 0. The molecule has 6 heteroatoms. The molecule has 0 radical (unpaired) electrons. The summed E-state index contributed by atoms with van der Waals surface area (Å²) < 4.78 is 0. The Bertz CT molecular complexity index is 375. The summed E-state index contributed by atoms with van der Waals surface area (Å²) in [6.45, 7) is 0. The van der Waals surface area contributed by atoms with Gasteiger partial charge >= 0.3 is 0 Å². The molecule has 0 aliphatic rings. The number of carbonyl (C=O) groups is 1. The van der Waals surface area contributed by atoms with E-state index in [2.05, 4.69) is 17.5 Å². The third kappa shape index (κ3) is 2.33. The van der Waals surface area contributed by atoms with E-state index >= 15 is 0 Å². The lowest BCUT2D eigenvalue weighted by Gasteiger charge is -1.97. The van der Waals surface area contributed by atoms with Crippen LogP contribution in [0.2, 0.25) is 0 Å². The summed E-state index contributed by atoms with van der Waals surface area (Å²) >= 11 is 4.43. The molecule has 72 valence electrons. The molecule has 0 aliphatic carbocycles. The SMILES string of the molecule is O=C(NC=S)c1ccc([N+](=O)[O-])cc1. The summed E-state index contributed by atoms with van der Waals surface area (Å²) in [5.41, 5.74) is 1.37. The van der Waals surface area contributed by atoms with Gasteiger partial charge in [0.05, 0.1) is 10.4 Å². The largest absolute Gasteiger partial charge is 0.319 e. The summed E-state index contributed by atoms with van der Waals surface area (Å²) in [7, 11) is 0. The molecule has 0 fully saturated rings. The third-order valence-electron chi connectivity index (χ3n) is 1.53. The van der Waals surface area contributed by atoms with Crippen molar-refractivity contribution >= 4 is 29.3 Å². The monoisotopic (exact) mass is 210 g/mol. The molecule has 0 heterocycles. The second-order valence-electron chi connectivity index (χ2n) is 2.40. The van der Waals surface area contributed by atoms with Gasteiger partial charge in [0.1, 0.15) is 0 Å². The number of nitrogens with zero attached hydrogens (tertiary/aromatic N) is 1. The molecule has 0 atom stereocenters. The van der Waals surface area contributed by atoms with Crippen molar-refractivity contribution in [2.24, 2.45) is 0 Å². The van der Waals surface area contributed by atoms with Crippen LogP contribution in [-0.4, -0.2) is 16.3 Å². The first-order valence-corrected chi connectivity index (χ1v) is 4.11. The lowest BCUT2D eigenvalue weighted by atomic mass is 10.2. The topological polar surface area (TPSA) is 72.2 Å². The number of benzene rings is 1. The van der Waals surface area contributed by atoms with Crippen LogP contribution in [0.5, 0.6) is 0 Å². The fraction of sp³-hybridized carbons (Fsp3) is 0. The fourth-order valence-electron chi connectivity index (χ4n) is 0.871. The van der Waals surface area contributed by atoms with E-state index in [0.29, 0.717) is 5.56 Å². The maximum absolute atomic E-state index is 11.1. The van der Waals surface area contributed by atoms with Crippen molar-refractivity contribution in [2.75, 3.05) is 0 Å². The number of nitrogens with one attached hydrogen (secondary N) is 1. The van der Waals surface area contributed by atoms with Gasteiger partial charge in [0.25, 0.3) is 11.6 Å². The standard InChI is InChI=1S/C8H6N2O3S/c11-8(9-5-14)6-1-3-7(4-2-6)10(12)13/h1-5H,(H,9,11,14). The van der Waals surface area contributed by atoms with Gasteiger partial charge in [-0.05, 0) is 12.1 Å². The first-order valence-electron chi connectivity index (χ1n) is 3.64. The van der Waals surface area contributed by atoms with Crippen LogP contribution in [0.3, 0.4) is 0 Å². The number of thiocarbonyl (C=S) groups is 1. The summed E-state index contributed by atoms with van der Waals surface area (Å²) in [6, 6.07) is 5.26. The van der Waals surface area contributed by atoms with Gasteiger partial charge in [-0.25, -0.2) is 0 Å². The number of hydrogen-bond donors (Lipinski definition) is 1. The lowest BCUT2D eigenvalue weighted by Crippen LogP contribution is -2.20. The van der Waals surface area contributed by atoms with Gasteiger partial charge in [0.2, 0.25) is 0 Å². The van der Waals surface area contributed by atoms with Gasteiger partial charge in [0, 0.05) is 17.7 Å². The minimum atomic E-state index is -0.527. The Balaban J connectivity index is 2.88. The zero-order chi connectivity index (χ0) is 10.6. The van der Waals surface area contributed by atoms with Crippen molar-refractivity contribution in [2.45, 2.75) is 0 Å². The van der Waals surface area contributed by atoms with E-state index in [0.717, 1.165) is 5.49 Å². The van der Waals surface area contributed by atoms with Gasteiger partial charge in [-0.2, -0.15) is 0 Å².